The molecule has 0 radical (unpaired) electrons. The molecule has 0 aromatic heterocycles. The van der Waals surface area contributed by atoms with Gasteiger partial charge in [-0.05, 0) is 31.9 Å². The van der Waals surface area contributed by atoms with E-state index < -0.39 is 0 Å². The summed E-state index contributed by atoms with van der Waals surface area (Å²) < 4.78 is 5.81. The third kappa shape index (κ3) is 4.81. The number of nitrogens with zero attached hydrogens (tertiary/aromatic N) is 3. The standard InChI is InChI=1S/C23H35N3O3/c1-4-7-14-29-17-24-12-13-25(6-3)19-10-8-11-20-23(19)18(21(27)16-24)15-26(20)22(28)9-5-2/h8,10-11,18H,4-7,9,12-17H2,1-3H3. The molecule has 2 aliphatic rings. The number of unbranched alkanes of at least 4 members (excludes halogenated alkanes) is 1. The van der Waals surface area contributed by atoms with Gasteiger partial charge in [0.2, 0.25) is 5.91 Å². The number of anilines is 2. The van der Waals surface area contributed by atoms with Crippen LogP contribution in [0.5, 0.6) is 0 Å². The molecule has 6 nitrogen and oxygen atoms in total. The number of likely N-dealkylation sites (N-methyl/N-ethyl adjacent to an activating group) is 1. The van der Waals surface area contributed by atoms with Crippen LogP contribution in [0, 0.1) is 0 Å². The Balaban J connectivity index is 1.89. The Bertz CT molecular complexity index is 721. The molecule has 2 aliphatic heterocycles. The summed E-state index contributed by atoms with van der Waals surface area (Å²) in [6, 6.07) is 6.11. The first-order valence-electron chi connectivity index (χ1n) is 11.1. The molecule has 0 spiro atoms. The van der Waals surface area contributed by atoms with Crippen LogP contribution < -0.4 is 9.80 Å². The monoisotopic (exact) mass is 401 g/mol. The van der Waals surface area contributed by atoms with Crippen LogP contribution in [0.15, 0.2) is 18.2 Å². The Labute approximate surface area is 174 Å². The molecule has 0 saturated heterocycles. The number of benzene rings is 1. The van der Waals surface area contributed by atoms with Gasteiger partial charge >= 0.3 is 0 Å². The van der Waals surface area contributed by atoms with E-state index in [4.69, 9.17) is 4.74 Å². The number of rotatable bonds is 8. The van der Waals surface area contributed by atoms with Gasteiger partial charge in [0.05, 0.1) is 19.2 Å². The van der Waals surface area contributed by atoms with Crippen LogP contribution in [0.25, 0.3) is 0 Å². The lowest BCUT2D eigenvalue weighted by Crippen LogP contribution is -2.40. The molecule has 29 heavy (non-hydrogen) atoms. The maximum absolute atomic E-state index is 13.3. The molecule has 1 atom stereocenters. The highest BCUT2D eigenvalue weighted by Gasteiger charge is 2.39. The summed E-state index contributed by atoms with van der Waals surface area (Å²) in [5.74, 6) is 0.0379. The minimum Gasteiger partial charge on any atom is -0.370 e. The van der Waals surface area contributed by atoms with Crippen molar-refractivity contribution >= 4 is 23.1 Å². The summed E-state index contributed by atoms with van der Waals surface area (Å²) in [5, 5.41) is 0. The first-order valence-corrected chi connectivity index (χ1v) is 11.1. The molecule has 160 valence electrons. The first kappa shape index (κ1) is 21.8. The Hall–Kier alpha value is -1.92. The zero-order valence-corrected chi connectivity index (χ0v) is 18.2. The van der Waals surface area contributed by atoms with E-state index in [1.165, 1.54) is 0 Å². The van der Waals surface area contributed by atoms with Crippen LogP contribution in [0.4, 0.5) is 11.4 Å². The average Bonchev–Trinajstić information content (AvgIpc) is 3.13. The Morgan fingerprint density at radius 1 is 1.14 bits per heavy atom. The minimum absolute atomic E-state index is 0.112. The second-order valence-electron chi connectivity index (χ2n) is 8.01. The zero-order chi connectivity index (χ0) is 20.8. The molecular weight excluding hydrogens is 366 g/mol. The van der Waals surface area contributed by atoms with E-state index in [9.17, 15) is 9.59 Å². The Morgan fingerprint density at radius 2 is 1.93 bits per heavy atom. The smallest absolute Gasteiger partial charge is 0.227 e. The summed E-state index contributed by atoms with van der Waals surface area (Å²) in [7, 11) is 0. The number of carbonyl (C=O) groups excluding carboxylic acids is 2. The van der Waals surface area contributed by atoms with Crippen molar-refractivity contribution in [2.24, 2.45) is 0 Å². The van der Waals surface area contributed by atoms with Crippen molar-refractivity contribution in [3.63, 3.8) is 0 Å². The summed E-state index contributed by atoms with van der Waals surface area (Å²) >= 11 is 0. The van der Waals surface area contributed by atoms with Gasteiger partial charge in [-0.2, -0.15) is 0 Å². The molecule has 1 amide bonds. The molecule has 1 unspecified atom stereocenters. The van der Waals surface area contributed by atoms with Gasteiger partial charge in [0, 0.05) is 56.1 Å². The highest BCUT2D eigenvalue weighted by Crippen LogP contribution is 2.43. The lowest BCUT2D eigenvalue weighted by Gasteiger charge is -2.28. The van der Waals surface area contributed by atoms with Crippen LogP contribution >= 0.6 is 0 Å². The molecule has 6 heteroatoms. The maximum Gasteiger partial charge on any atom is 0.227 e. The lowest BCUT2D eigenvalue weighted by molar-refractivity contribution is -0.122. The van der Waals surface area contributed by atoms with E-state index >= 15 is 0 Å². The van der Waals surface area contributed by atoms with Gasteiger partial charge in [-0.25, -0.2) is 0 Å². The highest BCUT2D eigenvalue weighted by atomic mass is 16.5. The summed E-state index contributed by atoms with van der Waals surface area (Å²) in [4.78, 5) is 32.3. The van der Waals surface area contributed by atoms with E-state index in [2.05, 4.69) is 29.7 Å². The zero-order valence-electron chi connectivity index (χ0n) is 18.2. The number of ketones is 1. The van der Waals surface area contributed by atoms with Gasteiger partial charge < -0.3 is 14.5 Å². The van der Waals surface area contributed by atoms with E-state index in [1.54, 1.807) is 0 Å². The molecule has 0 fully saturated rings. The topological polar surface area (TPSA) is 53.1 Å². The predicted molar refractivity (Wildman–Crippen MR) is 117 cm³/mol. The van der Waals surface area contributed by atoms with Crippen LogP contribution in [0.2, 0.25) is 0 Å². The number of hydrogen-bond donors (Lipinski definition) is 0. The van der Waals surface area contributed by atoms with Crippen LogP contribution in [-0.4, -0.2) is 62.7 Å². The lowest BCUT2D eigenvalue weighted by atomic mass is 9.94. The van der Waals surface area contributed by atoms with E-state index in [0.717, 1.165) is 62.4 Å². The molecule has 3 rings (SSSR count). The predicted octanol–water partition coefficient (Wildman–Crippen LogP) is 3.40. The van der Waals surface area contributed by atoms with Crippen LogP contribution in [0.3, 0.4) is 0 Å². The quantitative estimate of drug-likeness (QED) is 0.625. The molecule has 0 saturated carbocycles. The third-order valence-electron chi connectivity index (χ3n) is 5.92. The summed E-state index contributed by atoms with van der Waals surface area (Å²) in [6.45, 7) is 10.9. The van der Waals surface area contributed by atoms with Crippen molar-refractivity contribution in [1.29, 1.82) is 0 Å². The minimum atomic E-state index is -0.257. The van der Waals surface area contributed by atoms with Crippen molar-refractivity contribution < 1.29 is 14.3 Å². The number of Topliss-reactive ketones (excluding diaryl/α,β-unsaturated/α-hetero) is 1. The van der Waals surface area contributed by atoms with Crippen molar-refractivity contribution in [2.75, 3.05) is 55.9 Å². The second-order valence-corrected chi connectivity index (χ2v) is 8.01. The van der Waals surface area contributed by atoms with Crippen molar-refractivity contribution in [3.8, 4) is 0 Å². The molecule has 0 aliphatic carbocycles. The van der Waals surface area contributed by atoms with Crippen LogP contribution in [0.1, 0.15) is 57.9 Å². The molecule has 0 N–H and O–H groups in total. The number of hydrogen-bond acceptors (Lipinski definition) is 5. The number of amides is 1. The molecule has 1 aromatic rings. The van der Waals surface area contributed by atoms with E-state index in [0.29, 0.717) is 26.2 Å². The third-order valence-corrected chi connectivity index (χ3v) is 5.92. The van der Waals surface area contributed by atoms with Gasteiger partial charge in [-0.3, -0.25) is 14.5 Å². The molecular formula is C23H35N3O3. The SMILES string of the molecule is CCCCOCN1CCN(CC)c2cccc3c2C(CN3C(=O)CCC)C(=O)C1. The summed E-state index contributed by atoms with van der Waals surface area (Å²) in [6.07, 6.45) is 3.46. The molecule has 0 bridgehead atoms. The fraction of sp³-hybridized carbons (Fsp3) is 0.652. The fourth-order valence-electron chi connectivity index (χ4n) is 4.30. The van der Waals surface area contributed by atoms with E-state index in [-0.39, 0.29) is 17.6 Å². The average molecular weight is 402 g/mol. The van der Waals surface area contributed by atoms with Crippen molar-refractivity contribution in [2.45, 2.75) is 52.4 Å². The van der Waals surface area contributed by atoms with Gasteiger partial charge in [-0.1, -0.05) is 26.3 Å². The Kier molecular flexibility index (Phi) is 7.67. The van der Waals surface area contributed by atoms with Gasteiger partial charge in [0.1, 0.15) is 0 Å². The van der Waals surface area contributed by atoms with Crippen molar-refractivity contribution in [3.05, 3.63) is 23.8 Å². The largest absolute Gasteiger partial charge is 0.370 e. The normalized spacial score (nSPS) is 19.7. The van der Waals surface area contributed by atoms with Gasteiger partial charge in [0.15, 0.2) is 5.78 Å². The summed E-state index contributed by atoms with van der Waals surface area (Å²) in [5.41, 5.74) is 3.06. The highest BCUT2D eigenvalue weighted by molar-refractivity contribution is 6.03. The Morgan fingerprint density at radius 3 is 2.66 bits per heavy atom. The van der Waals surface area contributed by atoms with Gasteiger partial charge in [-0.15, -0.1) is 0 Å². The fourth-order valence-corrected chi connectivity index (χ4v) is 4.30. The molecule has 2 heterocycles. The number of carbonyl (C=O) groups is 2. The first-order chi connectivity index (χ1) is 14.1. The molecule has 1 aromatic carbocycles. The van der Waals surface area contributed by atoms with Crippen molar-refractivity contribution in [1.82, 2.24) is 4.90 Å². The van der Waals surface area contributed by atoms with Crippen LogP contribution in [-0.2, 0) is 14.3 Å². The maximum atomic E-state index is 13.3. The van der Waals surface area contributed by atoms with E-state index in [1.807, 2.05) is 24.0 Å². The van der Waals surface area contributed by atoms with Gasteiger partial charge in [0.25, 0.3) is 0 Å². The number of ether oxygens (including phenoxy) is 1. The second kappa shape index (κ2) is 10.2.